The van der Waals surface area contributed by atoms with Crippen molar-refractivity contribution in [3.63, 3.8) is 0 Å². The molecule has 0 fully saturated rings. The molecule has 1 rings (SSSR count). The zero-order valence-corrected chi connectivity index (χ0v) is 12.7. The standard InChI is InChI=1S/C16H23NO4/c1-16(2,3)10-12(9-15(20)21)17-14(19)8-11-5-4-6-13(18)7-11/h4-7,12,18H,8-10H2,1-3H3,(H,17,19)(H,20,21). The average molecular weight is 293 g/mol. The van der Waals surface area contributed by atoms with Crippen molar-refractivity contribution in [1.82, 2.24) is 5.32 Å². The van der Waals surface area contributed by atoms with Gasteiger partial charge < -0.3 is 15.5 Å². The molecule has 0 aliphatic heterocycles. The van der Waals surface area contributed by atoms with E-state index in [0.717, 1.165) is 0 Å². The van der Waals surface area contributed by atoms with E-state index in [1.807, 2.05) is 20.8 Å². The topological polar surface area (TPSA) is 86.6 Å². The summed E-state index contributed by atoms with van der Waals surface area (Å²) in [6.07, 6.45) is 0.614. The summed E-state index contributed by atoms with van der Waals surface area (Å²) in [6, 6.07) is 6.08. The molecule has 0 spiro atoms. The number of benzene rings is 1. The molecular weight excluding hydrogens is 270 g/mol. The lowest BCUT2D eigenvalue weighted by atomic mass is 9.87. The van der Waals surface area contributed by atoms with Crippen molar-refractivity contribution in [3.8, 4) is 5.75 Å². The Hall–Kier alpha value is -2.04. The number of hydrogen-bond donors (Lipinski definition) is 3. The van der Waals surface area contributed by atoms with Crippen LogP contribution in [0.4, 0.5) is 0 Å². The van der Waals surface area contributed by atoms with Crippen LogP contribution in [-0.4, -0.2) is 28.1 Å². The molecule has 5 heteroatoms. The number of amides is 1. The fraction of sp³-hybridized carbons (Fsp3) is 0.500. The predicted octanol–water partition coefficient (Wildman–Crippen LogP) is 2.33. The molecule has 1 unspecified atom stereocenters. The SMILES string of the molecule is CC(C)(C)CC(CC(=O)O)NC(=O)Cc1cccc(O)c1. The minimum atomic E-state index is -0.929. The van der Waals surface area contributed by atoms with Gasteiger partial charge in [-0.05, 0) is 29.5 Å². The summed E-state index contributed by atoms with van der Waals surface area (Å²) in [5.74, 6) is -1.06. The van der Waals surface area contributed by atoms with Gasteiger partial charge in [-0.25, -0.2) is 0 Å². The number of hydrogen-bond acceptors (Lipinski definition) is 3. The maximum absolute atomic E-state index is 12.0. The number of rotatable bonds is 6. The van der Waals surface area contributed by atoms with Crippen LogP contribution in [0.15, 0.2) is 24.3 Å². The molecule has 1 atom stereocenters. The second kappa shape index (κ2) is 7.11. The number of carbonyl (C=O) groups excluding carboxylic acids is 1. The van der Waals surface area contributed by atoms with Crippen molar-refractivity contribution in [2.45, 2.75) is 46.1 Å². The van der Waals surface area contributed by atoms with Gasteiger partial charge in [0.2, 0.25) is 5.91 Å². The Morgan fingerprint density at radius 3 is 2.48 bits per heavy atom. The first kappa shape index (κ1) is 17.0. The number of carbonyl (C=O) groups is 2. The molecular formula is C16H23NO4. The summed E-state index contributed by atoms with van der Waals surface area (Å²) in [6.45, 7) is 6.01. The molecule has 1 aromatic rings. The smallest absolute Gasteiger partial charge is 0.305 e. The Bertz CT molecular complexity index is 505. The van der Waals surface area contributed by atoms with E-state index in [2.05, 4.69) is 5.32 Å². The summed E-state index contributed by atoms with van der Waals surface area (Å²) in [7, 11) is 0. The fourth-order valence-electron chi connectivity index (χ4n) is 2.25. The first-order valence-electron chi connectivity index (χ1n) is 6.95. The molecule has 0 aliphatic rings. The zero-order chi connectivity index (χ0) is 16.0. The minimum Gasteiger partial charge on any atom is -0.508 e. The van der Waals surface area contributed by atoms with E-state index in [1.165, 1.54) is 12.1 Å². The van der Waals surface area contributed by atoms with E-state index >= 15 is 0 Å². The summed E-state index contributed by atoms with van der Waals surface area (Å²) in [5, 5.41) is 21.1. The minimum absolute atomic E-state index is 0.0710. The number of aromatic hydroxyl groups is 1. The van der Waals surface area contributed by atoms with Crippen molar-refractivity contribution in [2.75, 3.05) is 0 Å². The Labute approximate surface area is 125 Å². The van der Waals surface area contributed by atoms with Crippen LogP contribution in [0, 0.1) is 5.41 Å². The van der Waals surface area contributed by atoms with Crippen LogP contribution in [0.1, 0.15) is 39.2 Å². The van der Waals surface area contributed by atoms with Crippen LogP contribution >= 0.6 is 0 Å². The van der Waals surface area contributed by atoms with Crippen LogP contribution < -0.4 is 5.32 Å². The van der Waals surface area contributed by atoms with Crippen molar-refractivity contribution >= 4 is 11.9 Å². The van der Waals surface area contributed by atoms with E-state index < -0.39 is 12.0 Å². The summed E-state index contributed by atoms with van der Waals surface area (Å²) in [4.78, 5) is 22.9. The van der Waals surface area contributed by atoms with Crippen LogP contribution in [-0.2, 0) is 16.0 Å². The van der Waals surface area contributed by atoms with Crippen LogP contribution in [0.3, 0.4) is 0 Å². The second-order valence-corrected chi connectivity index (χ2v) is 6.47. The van der Waals surface area contributed by atoms with Gasteiger partial charge in [0.1, 0.15) is 5.75 Å². The third-order valence-corrected chi connectivity index (χ3v) is 2.92. The maximum Gasteiger partial charge on any atom is 0.305 e. The van der Waals surface area contributed by atoms with E-state index in [1.54, 1.807) is 12.1 Å². The number of carboxylic acid groups (broad SMARTS) is 1. The lowest BCUT2D eigenvalue weighted by Gasteiger charge is -2.25. The van der Waals surface area contributed by atoms with Gasteiger partial charge in [0, 0.05) is 6.04 Å². The summed E-state index contributed by atoms with van der Waals surface area (Å²) in [5.41, 5.74) is 0.621. The van der Waals surface area contributed by atoms with E-state index in [-0.39, 0.29) is 29.9 Å². The summed E-state index contributed by atoms with van der Waals surface area (Å²) >= 11 is 0. The molecule has 0 aromatic heterocycles. The third-order valence-electron chi connectivity index (χ3n) is 2.92. The first-order chi connectivity index (χ1) is 9.65. The molecule has 21 heavy (non-hydrogen) atoms. The Kier molecular flexibility index (Phi) is 5.76. The monoisotopic (exact) mass is 293 g/mol. The average Bonchev–Trinajstić information content (AvgIpc) is 2.24. The van der Waals surface area contributed by atoms with Gasteiger partial charge in [0.25, 0.3) is 0 Å². The lowest BCUT2D eigenvalue weighted by Crippen LogP contribution is -2.39. The Morgan fingerprint density at radius 2 is 1.95 bits per heavy atom. The van der Waals surface area contributed by atoms with Crippen molar-refractivity contribution < 1.29 is 19.8 Å². The van der Waals surface area contributed by atoms with Gasteiger partial charge in [0.05, 0.1) is 12.8 Å². The molecule has 5 nitrogen and oxygen atoms in total. The quantitative estimate of drug-likeness (QED) is 0.751. The Morgan fingerprint density at radius 1 is 1.29 bits per heavy atom. The van der Waals surface area contributed by atoms with Gasteiger partial charge in [-0.1, -0.05) is 32.9 Å². The van der Waals surface area contributed by atoms with E-state index in [0.29, 0.717) is 12.0 Å². The van der Waals surface area contributed by atoms with Crippen LogP contribution in [0.5, 0.6) is 5.75 Å². The highest BCUT2D eigenvalue weighted by Crippen LogP contribution is 2.22. The van der Waals surface area contributed by atoms with Crippen molar-refractivity contribution in [1.29, 1.82) is 0 Å². The molecule has 0 heterocycles. The molecule has 0 saturated carbocycles. The molecule has 1 amide bonds. The number of aliphatic carboxylic acids is 1. The zero-order valence-electron chi connectivity index (χ0n) is 12.7. The third kappa shape index (κ3) is 7.34. The van der Waals surface area contributed by atoms with Crippen LogP contribution in [0.2, 0.25) is 0 Å². The van der Waals surface area contributed by atoms with Crippen molar-refractivity contribution in [3.05, 3.63) is 29.8 Å². The largest absolute Gasteiger partial charge is 0.508 e. The van der Waals surface area contributed by atoms with Gasteiger partial charge >= 0.3 is 5.97 Å². The normalized spacial score (nSPS) is 12.7. The molecule has 0 aliphatic carbocycles. The van der Waals surface area contributed by atoms with Gasteiger partial charge in [-0.15, -0.1) is 0 Å². The molecule has 0 bridgehead atoms. The highest BCUT2D eigenvalue weighted by molar-refractivity contribution is 5.79. The lowest BCUT2D eigenvalue weighted by molar-refractivity contribution is -0.137. The number of nitrogens with one attached hydrogen (secondary N) is 1. The molecule has 1 aromatic carbocycles. The molecule has 116 valence electrons. The summed E-state index contributed by atoms with van der Waals surface area (Å²) < 4.78 is 0. The molecule has 0 saturated heterocycles. The second-order valence-electron chi connectivity index (χ2n) is 6.47. The highest BCUT2D eigenvalue weighted by atomic mass is 16.4. The highest BCUT2D eigenvalue weighted by Gasteiger charge is 2.22. The number of phenols is 1. The fourth-order valence-corrected chi connectivity index (χ4v) is 2.25. The van der Waals surface area contributed by atoms with Gasteiger partial charge in [0.15, 0.2) is 0 Å². The predicted molar refractivity (Wildman–Crippen MR) is 80.1 cm³/mol. The van der Waals surface area contributed by atoms with E-state index in [4.69, 9.17) is 5.11 Å². The first-order valence-corrected chi connectivity index (χ1v) is 6.95. The number of phenolic OH excluding ortho intramolecular Hbond substituents is 1. The van der Waals surface area contributed by atoms with Crippen LogP contribution in [0.25, 0.3) is 0 Å². The van der Waals surface area contributed by atoms with Gasteiger partial charge in [-0.3, -0.25) is 9.59 Å². The molecule has 0 radical (unpaired) electrons. The number of carboxylic acids is 1. The van der Waals surface area contributed by atoms with Crippen molar-refractivity contribution in [2.24, 2.45) is 5.41 Å². The maximum atomic E-state index is 12.0. The van der Waals surface area contributed by atoms with Gasteiger partial charge in [-0.2, -0.15) is 0 Å². The Balaban J connectivity index is 2.65. The molecule has 3 N–H and O–H groups in total. The van der Waals surface area contributed by atoms with E-state index in [9.17, 15) is 14.7 Å².